The molecule has 4 rings (SSSR count). The van der Waals surface area contributed by atoms with Crippen LogP contribution in [-0.4, -0.2) is 10.8 Å². The maximum absolute atomic E-state index is 11.9. The molecule has 0 unspecified atom stereocenters. The number of nitrogens with zero attached hydrogens (tertiary/aromatic N) is 1. The van der Waals surface area contributed by atoms with Gasteiger partial charge in [0.25, 0.3) is 0 Å². The molecule has 0 aliphatic heterocycles. The van der Waals surface area contributed by atoms with Gasteiger partial charge in [-0.3, -0.25) is 4.79 Å². The van der Waals surface area contributed by atoms with E-state index in [9.17, 15) is 4.79 Å². The molecule has 1 aromatic heterocycles. The van der Waals surface area contributed by atoms with Gasteiger partial charge in [0.15, 0.2) is 5.78 Å². The SMILES string of the molecule is O=C1CCCc2nc(-c3ccccc3C3CC3)sc21. The van der Waals surface area contributed by atoms with Crippen molar-refractivity contribution in [3.63, 3.8) is 0 Å². The van der Waals surface area contributed by atoms with E-state index in [0.29, 0.717) is 12.3 Å². The van der Waals surface area contributed by atoms with Crippen molar-refractivity contribution in [1.29, 1.82) is 0 Å². The minimum absolute atomic E-state index is 0.286. The van der Waals surface area contributed by atoms with Crippen molar-refractivity contribution in [3.8, 4) is 10.6 Å². The Morgan fingerprint density at radius 2 is 2.00 bits per heavy atom. The molecule has 0 bridgehead atoms. The third kappa shape index (κ3) is 1.93. The second kappa shape index (κ2) is 4.27. The molecule has 19 heavy (non-hydrogen) atoms. The number of hydrogen-bond donors (Lipinski definition) is 0. The van der Waals surface area contributed by atoms with Gasteiger partial charge < -0.3 is 0 Å². The van der Waals surface area contributed by atoms with Crippen LogP contribution in [0.2, 0.25) is 0 Å². The number of Topliss-reactive ketones (excluding diaryl/α,β-unsaturated/α-hetero) is 1. The number of fused-ring (bicyclic) bond motifs is 1. The lowest BCUT2D eigenvalue weighted by molar-refractivity contribution is 0.0976. The highest BCUT2D eigenvalue weighted by atomic mass is 32.1. The van der Waals surface area contributed by atoms with Gasteiger partial charge in [-0.2, -0.15) is 0 Å². The number of rotatable bonds is 2. The average Bonchev–Trinajstić information content (AvgIpc) is 3.18. The van der Waals surface area contributed by atoms with Crippen molar-refractivity contribution in [3.05, 3.63) is 40.4 Å². The maximum atomic E-state index is 11.9. The van der Waals surface area contributed by atoms with Crippen molar-refractivity contribution < 1.29 is 4.79 Å². The first-order valence-electron chi connectivity index (χ1n) is 6.95. The van der Waals surface area contributed by atoms with E-state index in [0.717, 1.165) is 28.4 Å². The average molecular weight is 269 g/mol. The Hall–Kier alpha value is -1.48. The molecule has 2 aromatic rings. The second-order valence-electron chi connectivity index (χ2n) is 5.43. The number of aromatic nitrogens is 1. The van der Waals surface area contributed by atoms with Crippen LogP contribution in [0.4, 0.5) is 0 Å². The molecule has 2 aliphatic rings. The Kier molecular flexibility index (Phi) is 2.55. The first kappa shape index (κ1) is 11.4. The van der Waals surface area contributed by atoms with Gasteiger partial charge in [-0.05, 0) is 37.2 Å². The van der Waals surface area contributed by atoms with Crippen LogP contribution in [0.15, 0.2) is 24.3 Å². The quantitative estimate of drug-likeness (QED) is 0.817. The van der Waals surface area contributed by atoms with Crippen LogP contribution in [0, 0.1) is 0 Å². The van der Waals surface area contributed by atoms with Crippen LogP contribution >= 0.6 is 11.3 Å². The molecule has 2 nitrogen and oxygen atoms in total. The van der Waals surface area contributed by atoms with Gasteiger partial charge in [0.2, 0.25) is 0 Å². The zero-order valence-corrected chi connectivity index (χ0v) is 11.5. The monoisotopic (exact) mass is 269 g/mol. The molecule has 2 aliphatic carbocycles. The molecule has 1 saturated carbocycles. The summed E-state index contributed by atoms with van der Waals surface area (Å²) in [6.45, 7) is 0. The molecular weight excluding hydrogens is 254 g/mol. The summed E-state index contributed by atoms with van der Waals surface area (Å²) >= 11 is 1.60. The van der Waals surface area contributed by atoms with Crippen molar-refractivity contribution in [2.24, 2.45) is 0 Å². The zero-order chi connectivity index (χ0) is 12.8. The third-order valence-electron chi connectivity index (χ3n) is 3.98. The van der Waals surface area contributed by atoms with Crippen molar-refractivity contribution >= 4 is 17.1 Å². The number of aryl methyl sites for hydroxylation is 1. The molecule has 0 spiro atoms. The number of carbonyl (C=O) groups excluding carboxylic acids is 1. The smallest absolute Gasteiger partial charge is 0.174 e. The predicted molar refractivity (Wildman–Crippen MR) is 76.8 cm³/mol. The van der Waals surface area contributed by atoms with E-state index < -0.39 is 0 Å². The minimum atomic E-state index is 0.286. The summed E-state index contributed by atoms with van der Waals surface area (Å²) in [7, 11) is 0. The second-order valence-corrected chi connectivity index (χ2v) is 6.43. The van der Waals surface area contributed by atoms with E-state index in [1.165, 1.54) is 24.0 Å². The first-order chi connectivity index (χ1) is 9.33. The molecule has 0 radical (unpaired) electrons. The highest BCUT2D eigenvalue weighted by Crippen LogP contribution is 2.45. The van der Waals surface area contributed by atoms with Gasteiger partial charge in [-0.1, -0.05) is 24.3 Å². The molecular formula is C16H15NOS. The van der Waals surface area contributed by atoms with Gasteiger partial charge >= 0.3 is 0 Å². The molecule has 96 valence electrons. The lowest BCUT2D eigenvalue weighted by atomic mass is 10.0. The summed E-state index contributed by atoms with van der Waals surface area (Å²) < 4.78 is 0. The minimum Gasteiger partial charge on any atom is -0.293 e. The Labute approximate surface area is 116 Å². The Balaban J connectivity index is 1.83. The topological polar surface area (TPSA) is 30.0 Å². The van der Waals surface area contributed by atoms with E-state index >= 15 is 0 Å². The number of ketones is 1. The van der Waals surface area contributed by atoms with E-state index in [4.69, 9.17) is 4.98 Å². The summed E-state index contributed by atoms with van der Waals surface area (Å²) in [5.74, 6) is 1.00. The predicted octanol–water partition coefficient (Wildman–Crippen LogP) is 4.21. The first-order valence-corrected chi connectivity index (χ1v) is 7.77. The van der Waals surface area contributed by atoms with Crippen molar-refractivity contribution in [2.45, 2.75) is 38.0 Å². The van der Waals surface area contributed by atoms with Gasteiger partial charge in [-0.25, -0.2) is 4.98 Å². The molecule has 0 atom stereocenters. The van der Waals surface area contributed by atoms with Gasteiger partial charge in [0.1, 0.15) is 5.01 Å². The number of thiazole rings is 1. The zero-order valence-electron chi connectivity index (χ0n) is 10.7. The molecule has 1 heterocycles. The van der Waals surface area contributed by atoms with Gasteiger partial charge in [0.05, 0.1) is 10.6 Å². The molecule has 0 saturated heterocycles. The molecule has 1 aromatic carbocycles. The van der Waals surface area contributed by atoms with Crippen LogP contribution in [0.25, 0.3) is 10.6 Å². The van der Waals surface area contributed by atoms with Gasteiger partial charge in [0, 0.05) is 12.0 Å². The van der Waals surface area contributed by atoms with Crippen molar-refractivity contribution in [1.82, 2.24) is 4.98 Å². The third-order valence-corrected chi connectivity index (χ3v) is 5.15. The fraction of sp³-hybridized carbons (Fsp3) is 0.375. The molecule has 0 N–H and O–H groups in total. The summed E-state index contributed by atoms with van der Waals surface area (Å²) in [4.78, 5) is 17.6. The summed E-state index contributed by atoms with van der Waals surface area (Å²) in [6.07, 6.45) is 5.20. The van der Waals surface area contributed by atoms with Crippen LogP contribution in [0.5, 0.6) is 0 Å². The molecule has 1 fully saturated rings. The number of benzene rings is 1. The summed E-state index contributed by atoms with van der Waals surface area (Å²) in [5, 5.41) is 1.04. The summed E-state index contributed by atoms with van der Waals surface area (Å²) in [5.41, 5.74) is 3.69. The normalized spacial score (nSPS) is 18.4. The lowest BCUT2D eigenvalue weighted by Gasteiger charge is -2.06. The Morgan fingerprint density at radius 1 is 1.16 bits per heavy atom. The Bertz CT molecular complexity index is 655. The van der Waals surface area contributed by atoms with E-state index in [-0.39, 0.29) is 5.78 Å². The largest absolute Gasteiger partial charge is 0.293 e. The van der Waals surface area contributed by atoms with E-state index in [2.05, 4.69) is 24.3 Å². The van der Waals surface area contributed by atoms with Crippen LogP contribution in [0.1, 0.15) is 52.5 Å². The fourth-order valence-electron chi connectivity index (χ4n) is 2.83. The van der Waals surface area contributed by atoms with E-state index in [1.54, 1.807) is 11.3 Å². The standard InChI is InChI=1S/C16H15NOS/c18-14-7-3-6-13-15(14)19-16(17-13)12-5-2-1-4-11(12)10-8-9-10/h1-2,4-5,10H,3,6-9H2. The van der Waals surface area contributed by atoms with E-state index in [1.807, 2.05) is 0 Å². The fourth-order valence-corrected chi connectivity index (χ4v) is 3.95. The maximum Gasteiger partial charge on any atom is 0.174 e. The van der Waals surface area contributed by atoms with Crippen LogP contribution in [0.3, 0.4) is 0 Å². The van der Waals surface area contributed by atoms with Gasteiger partial charge in [-0.15, -0.1) is 11.3 Å². The van der Waals surface area contributed by atoms with Crippen molar-refractivity contribution in [2.75, 3.05) is 0 Å². The lowest BCUT2D eigenvalue weighted by Crippen LogP contribution is -2.07. The van der Waals surface area contributed by atoms with Crippen LogP contribution < -0.4 is 0 Å². The highest BCUT2D eigenvalue weighted by molar-refractivity contribution is 7.17. The number of carbonyl (C=O) groups is 1. The highest BCUT2D eigenvalue weighted by Gasteiger charge is 2.28. The Morgan fingerprint density at radius 3 is 2.79 bits per heavy atom. The van der Waals surface area contributed by atoms with Crippen LogP contribution in [-0.2, 0) is 6.42 Å². The number of hydrogen-bond acceptors (Lipinski definition) is 3. The molecule has 3 heteroatoms. The summed E-state index contributed by atoms with van der Waals surface area (Å²) in [6, 6.07) is 8.55. The molecule has 0 amide bonds.